The number of nitrogens with zero attached hydrogens (tertiary/aromatic N) is 1. The third-order valence-corrected chi connectivity index (χ3v) is 8.37. The summed E-state index contributed by atoms with van der Waals surface area (Å²) in [5, 5.41) is 15.1. The van der Waals surface area contributed by atoms with E-state index in [4.69, 9.17) is 20.8 Å². The third kappa shape index (κ3) is 12.8. The van der Waals surface area contributed by atoms with Crippen molar-refractivity contribution in [3.8, 4) is 11.1 Å². The molecule has 10 nitrogen and oxygen atoms in total. The topological polar surface area (TPSA) is 173 Å². The Morgan fingerprint density at radius 2 is 1.43 bits per heavy atom. The van der Waals surface area contributed by atoms with Crippen molar-refractivity contribution in [3.05, 3.63) is 124 Å². The van der Waals surface area contributed by atoms with E-state index in [-0.39, 0.29) is 23.1 Å². The number of hydrogen-bond acceptors (Lipinski definition) is 6. The van der Waals surface area contributed by atoms with Crippen molar-refractivity contribution in [3.63, 3.8) is 0 Å². The number of aliphatic carboxylic acids is 1. The van der Waals surface area contributed by atoms with E-state index in [1.165, 1.54) is 12.1 Å². The van der Waals surface area contributed by atoms with Gasteiger partial charge in [-0.05, 0) is 76.7 Å². The number of carboxylic acids is 1. The SMILES string of the molecule is NCCNC(=O)c1cccc(-c2cccc(CN(CCc3ccc(S(N)(=O)=O)cc3)C(=O)Cc3cccc(Br)c3)c2)c1.O=C(O)C(F)(F)F. The molecular formula is C34H34BrF3N4O6S. The number of primary sulfonamides is 1. The molecule has 0 spiro atoms. The van der Waals surface area contributed by atoms with Crippen molar-refractivity contribution in [1.29, 1.82) is 0 Å². The Morgan fingerprint density at radius 3 is 2.02 bits per heavy atom. The monoisotopic (exact) mass is 762 g/mol. The van der Waals surface area contributed by atoms with Crippen LogP contribution in [-0.4, -0.2) is 62.0 Å². The minimum Gasteiger partial charge on any atom is -0.475 e. The maximum Gasteiger partial charge on any atom is 0.490 e. The van der Waals surface area contributed by atoms with E-state index >= 15 is 0 Å². The quantitative estimate of drug-likeness (QED) is 0.159. The number of carbonyl (C=O) groups excluding carboxylic acids is 2. The average molecular weight is 764 g/mol. The number of halogens is 4. The van der Waals surface area contributed by atoms with Gasteiger partial charge in [-0.3, -0.25) is 9.59 Å². The Balaban J connectivity index is 0.000000838. The molecule has 49 heavy (non-hydrogen) atoms. The predicted octanol–water partition coefficient (Wildman–Crippen LogP) is 4.90. The first kappa shape index (κ1) is 38.9. The summed E-state index contributed by atoms with van der Waals surface area (Å²) in [4.78, 5) is 36.8. The largest absolute Gasteiger partial charge is 0.490 e. The van der Waals surface area contributed by atoms with Crippen molar-refractivity contribution in [2.24, 2.45) is 10.9 Å². The second-order valence-corrected chi connectivity index (χ2v) is 13.2. The van der Waals surface area contributed by atoms with E-state index in [9.17, 15) is 31.2 Å². The van der Waals surface area contributed by atoms with E-state index in [0.29, 0.717) is 38.2 Å². The van der Waals surface area contributed by atoms with Crippen LogP contribution >= 0.6 is 15.9 Å². The molecule has 0 fully saturated rings. The number of amides is 2. The molecule has 6 N–H and O–H groups in total. The first-order valence-electron chi connectivity index (χ1n) is 14.7. The van der Waals surface area contributed by atoms with Gasteiger partial charge in [-0.2, -0.15) is 13.2 Å². The standard InChI is InChI=1S/C32H33BrN4O4S.C2HF3O2/c33-29-9-2-4-24(19-29)20-31(38)37(17-14-23-10-12-30(13-11-23)42(35,40)41)22-25-5-1-6-26(18-25)27-7-3-8-28(21-27)32(39)36-16-15-34;3-2(4,5)1(6)7/h1-13,18-19,21H,14-17,20,22,34H2,(H,36,39)(H2,35,40,41);(H,6,7). The number of carbonyl (C=O) groups is 3. The molecule has 0 aliphatic rings. The number of rotatable bonds is 12. The number of carboxylic acid groups (broad SMARTS) is 1. The summed E-state index contributed by atoms with van der Waals surface area (Å²) in [6, 6.07) is 29.4. The minimum atomic E-state index is -5.08. The van der Waals surface area contributed by atoms with Crippen LogP contribution in [0.5, 0.6) is 0 Å². The van der Waals surface area contributed by atoms with E-state index in [1.807, 2.05) is 71.6 Å². The molecule has 0 atom stereocenters. The Bertz CT molecular complexity index is 1870. The van der Waals surface area contributed by atoms with Crippen LogP contribution in [0, 0.1) is 0 Å². The highest BCUT2D eigenvalue weighted by Crippen LogP contribution is 2.23. The number of sulfonamides is 1. The molecule has 0 aliphatic heterocycles. The van der Waals surface area contributed by atoms with Crippen molar-refractivity contribution in [2.75, 3.05) is 19.6 Å². The van der Waals surface area contributed by atoms with Crippen molar-refractivity contribution < 1.29 is 41.1 Å². The van der Waals surface area contributed by atoms with Gasteiger partial charge >= 0.3 is 12.1 Å². The summed E-state index contributed by atoms with van der Waals surface area (Å²) in [6.07, 6.45) is -4.31. The van der Waals surface area contributed by atoms with Gasteiger partial charge in [-0.25, -0.2) is 18.4 Å². The lowest BCUT2D eigenvalue weighted by Gasteiger charge is -2.24. The highest BCUT2D eigenvalue weighted by atomic mass is 79.9. The molecular weight excluding hydrogens is 729 g/mol. The highest BCUT2D eigenvalue weighted by Gasteiger charge is 2.38. The molecule has 0 saturated carbocycles. The maximum atomic E-state index is 13.6. The fourth-order valence-electron chi connectivity index (χ4n) is 4.53. The van der Waals surface area contributed by atoms with Gasteiger partial charge < -0.3 is 21.1 Å². The van der Waals surface area contributed by atoms with E-state index in [2.05, 4.69) is 21.2 Å². The summed E-state index contributed by atoms with van der Waals surface area (Å²) in [5.74, 6) is -2.97. The third-order valence-electron chi connectivity index (χ3n) is 6.95. The molecule has 0 saturated heterocycles. The fourth-order valence-corrected chi connectivity index (χ4v) is 5.49. The van der Waals surface area contributed by atoms with Crippen LogP contribution in [-0.2, 0) is 39.0 Å². The Labute approximate surface area is 290 Å². The van der Waals surface area contributed by atoms with Gasteiger partial charge in [-0.1, -0.05) is 70.5 Å². The van der Waals surface area contributed by atoms with Gasteiger partial charge in [0.25, 0.3) is 5.91 Å². The molecule has 0 bridgehead atoms. The molecule has 260 valence electrons. The molecule has 0 aliphatic carbocycles. The highest BCUT2D eigenvalue weighted by molar-refractivity contribution is 9.10. The van der Waals surface area contributed by atoms with Crippen LogP contribution in [0.3, 0.4) is 0 Å². The first-order valence-corrected chi connectivity index (χ1v) is 17.0. The van der Waals surface area contributed by atoms with Gasteiger partial charge in [0.1, 0.15) is 0 Å². The molecule has 4 aromatic carbocycles. The maximum absolute atomic E-state index is 13.6. The molecule has 0 unspecified atom stereocenters. The zero-order valence-electron chi connectivity index (χ0n) is 26.0. The lowest BCUT2D eigenvalue weighted by atomic mass is 10.0. The van der Waals surface area contributed by atoms with Crippen molar-refractivity contribution in [2.45, 2.75) is 30.5 Å². The van der Waals surface area contributed by atoms with E-state index in [0.717, 1.165) is 32.3 Å². The molecule has 0 heterocycles. The van der Waals surface area contributed by atoms with Crippen LogP contribution in [0.4, 0.5) is 13.2 Å². The van der Waals surface area contributed by atoms with Crippen molar-refractivity contribution in [1.82, 2.24) is 10.2 Å². The molecule has 4 rings (SSSR count). The van der Waals surface area contributed by atoms with Crippen LogP contribution in [0.2, 0.25) is 0 Å². The Morgan fingerprint density at radius 1 is 0.837 bits per heavy atom. The molecule has 4 aromatic rings. The summed E-state index contributed by atoms with van der Waals surface area (Å²) < 4.78 is 55.9. The lowest BCUT2D eigenvalue weighted by molar-refractivity contribution is -0.192. The summed E-state index contributed by atoms with van der Waals surface area (Å²) >= 11 is 3.47. The second kappa shape index (κ2) is 17.7. The normalized spacial score (nSPS) is 11.2. The van der Waals surface area contributed by atoms with E-state index < -0.39 is 22.2 Å². The van der Waals surface area contributed by atoms with Crippen LogP contribution < -0.4 is 16.2 Å². The number of nitrogens with one attached hydrogen (secondary N) is 1. The molecule has 15 heteroatoms. The van der Waals surface area contributed by atoms with Crippen molar-refractivity contribution >= 4 is 43.7 Å². The number of alkyl halides is 3. The predicted molar refractivity (Wildman–Crippen MR) is 182 cm³/mol. The molecule has 2 amide bonds. The van der Waals surface area contributed by atoms with Crippen LogP contribution in [0.25, 0.3) is 11.1 Å². The van der Waals surface area contributed by atoms with Gasteiger partial charge in [0.05, 0.1) is 11.3 Å². The van der Waals surface area contributed by atoms with Crippen LogP contribution in [0.15, 0.2) is 106 Å². The zero-order chi connectivity index (χ0) is 36.2. The number of hydrogen-bond donors (Lipinski definition) is 4. The van der Waals surface area contributed by atoms with Gasteiger partial charge in [0.2, 0.25) is 15.9 Å². The second-order valence-electron chi connectivity index (χ2n) is 10.7. The molecule has 0 radical (unpaired) electrons. The summed E-state index contributed by atoms with van der Waals surface area (Å²) in [7, 11) is -3.78. The average Bonchev–Trinajstić information content (AvgIpc) is 3.05. The van der Waals surface area contributed by atoms with Gasteiger partial charge in [0.15, 0.2) is 0 Å². The fraction of sp³-hybridized carbons (Fsp3) is 0.206. The molecule has 0 aromatic heterocycles. The lowest BCUT2D eigenvalue weighted by Crippen LogP contribution is -2.33. The number of nitrogens with two attached hydrogens (primary N) is 2. The number of benzene rings is 4. The zero-order valence-corrected chi connectivity index (χ0v) is 28.4. The summed E-state index contributed by atoms with van der Waals surface area (Å²) in [6.45, 7) is 1.58. The minimum absolute atomic E-state index is 0.0294. The Kier molecular flexibility index (Phi) is 14.1. The first-order chi connectivity index (χ1) is 23.1. The smallest absolute Gasteiger partial charge is 0.475 e. The van der Waals surface area contributed by atoms with Crippen LogP contribution in [0.1, 0.15) is 27.0 Å². The summed E-state index contributed by atoms with van der Waals surface area (Å²) in [5.41, 5.74) is 10.6. The van der Waals surface area contributed by atoms with E-state index in [1.54, 1.807) is 18.2 Å². The Hall–Kier alpha value is -4.57. The van der Waals surface area contributed by atoms with Gasteiger partial charge in [-0.15, -0.1) is 0 Å². The van der Waals surface area contributed by atoms with Gasteiger partial charge in [0, 0.05) is 36.2 Å².